The van der Waals surface area contributed by atoms with Gasteiger partial charge in [0.05, 0.1) is 17.5 Å². The number of carbonyl (C=O) groups is 2. The van der Waals surface area contributed by atoms with Gasteiger partial charge in [0.25, 0.3) is 0 Å². The van der Waals surface area contributed by atoms with Gasteiger partial charge in [-0.1, -0.05) is 55.2 Å². The molecule has 1 atom stereocenters. The summed E-state index contributed by atoms with van der Waals surface area (Å²) < 4.78 is 65.4. The number of nitrogens with zero attached hydrogens (tertiary/aromatic N) is 2. The third-order valence-corrected chi connectivity index (χ3v) is 8.36. The topological polar surface area (TPSA) is 86.8 Å². The largest absolute Gasteiger partial charge is 0.416 e. The van der Waals surface area contributed by atoms with Crippen LogP contribution in [0, 0.1) is 6.92 Å². The highest BCUT2D eigenvalue weighted by Gasteiger charge is 2.32. The number of benzene rings is 2. The second-order valence-corrected chi connectivity index (χ2v) is 12.4. The molecule has 0 radical (unpaired) electrons. The van der Waals surface area contributed by atoms with Gasteiger partial charge in [-0.3, -0.25) is 13.9 Å². The first-order valence-electron chi connectivity index (χ1n) is 13.6. The van der Waals surface area contributed by atoms with E-state index in [1.165, 1.54) is 11.0 Å². The fraction of sp³-hybridized carbons (Fsp3) is 0.517. The summed E-state index contributed by atoms with van der Waals surface area (Å²) in [4.78, 5) is 28.1. The predicted octanol–water partition coefficient (Wildman–Crippen LogP) is 5.43. The zero-order valence-electron chi connectivity index (χ0n) is 23.2. The van der Waals surface area contributed by atoms with Gasteiger partial charge in [0.15, 0.2) is 0 Å². The predicted molar refractivity (Wildman–Crippen MR) is 149 cm³/mol. The quantitative estimate of drug-likeness (QED) is 0.384. The van der Waals surface area contributed by atoms with E-state index in [9.17, 15) is 31.2 Å². The van der Waals surface area contributed by atoms with Crippen LogP contribution in [-0.2, 0) is 32.3 Å². The summed E-state index contributed by atoms with van der Waals surface area (Å²) in [5.74, 6) is -0.583. The zero-order valence-corrected chi connectivity index (χ0v) is 24.0. The van der Waals surface area contributed by atoms with Crippen LogP contribution in [0.15, 0.2) is 48.5 Å². The van der Waals surface area contributed by atoms with Crippen molar-refractivity contribution >= 4 is 27.5 Å². The van der Waals surface area contributed by atoms with Crippen LogP contribution in [0.5, 0.6) is 0 Å². The van der Waals surface area contributed by atoms with E-state index in [0.29, 0.717) is 0 Å². The van der Waals surface area contributed by atoms with E-state index in [-0.39, 0.29) is 49.5 Å². The molecule has 220 valence electrons. The van der Waals surface area contributed by atoms with Crippen molar-refractivity contribution < 1.29 is 31.2 Å². The second-order valence-electron chi connectivity index (χ2n) is 10.5. The monoisotopic (exact) mass is 581 g/mol. The van der Waals surface area contributed by atoms with E-state index in [1.807, 2.05) is 31.2 Å². The molecule has 2 aromatic carbocycles. The van der Waals surface area contributed by atoms with Crippen LogP contribution in [-0.4, -0.2) is 50.0 Å². The number of hydrogen-bond acceptors (Lipinski definition) is 4. The highest BCUT2D eigenvalue weighted by molar-refractivity contribution is 7.92. The van der Waals surface area contributed by atoms with Crippen molar-refractivity contribution in [2.24, 2.45) is 0 Å². The molecule has 2 aromatic rings. The fourth-order valence-electron chi connectivity index (χ4n) is 5.00. The average molecular weight is 582 g/mol. The summed E-state index contributed by atoms with van der Waals surface area (Å²) in [5, 5.41) is 3.07. The molecule has 0 saturated heterocycles. The molecule has 0 spiro atoms. The first kappa shape index (κ1) is 31.4. The normalized spacial score (nSPS) is 15.3. The maximum atomic E-state index is 13.5. The van der Waals surface area contributed by atoms with Crippen LogP contribution < -0.4 is 9.62 Å². The second kappa shape index (κ2) is 13.5. The molecule has 0 unspecified atom stereocenters. The van der Waals surface area contributed by atoms with Crippen LogP contribution in [0.4, 0.5) is 18.9 Å². The smallest absolute Gasteiger partial charge is 0.352 e. The Morgan fingerprint density at radius 3 is 2.35 bits per heavy atom. The Bertz CT molecular complexity index is 1280. The van der Waals surface area contributed by atoms with Crippen molar-refractivity contribution in [3.8, 4) is 0 Å². The van der Waals surface area contributed by atoms with Gasteiger partial charge in [-0.05, 0) is 56.9 Å². The van der Waals surface area contributed by atoms with Gasteiger partial charge < -0.3 is 10.2 Å². The zero-order chi connectivity index (χ0) is 29.5. The van der Waals surface area contributed by atoms with Crippen molar-refractivity contribution in [3.63, 3.8) is 0 Å². The lowest BCUT2D eigenvalue weighted by Crippen LogP contribution is -2.50. The minimum Gasteiger partial charge on any atom is -0.352 e. The molecule has 7 nitrogen and oxygen atoms in total. The first-order valence-corrected chi connectivity index (χ1v) is 15.4. The van der Waals surface area contributed by atoms with E-state index < -0.39 is 27.8 Å². The maximum absolute atomic E-state index is 13.5. The SMILES string of the molecule is Cc1cccc(CN(C(=O)CCCN(c2cccc(C(F)(F)F)c2)S(C)(=O)=O)[C@H](C)C(=O)NC2CCCCC2)c1. The number of sulfonamides is 1. The number of amides is 2. The fourth-order valence-corrected chi connectivity index (χ4v) is 5.96. The van der Waals surface area contributed by atoms with Gasteiger partial charge in [-0.25, -0.2) is 8.42 Å². The molecular formula is C29H38F3N3O4S. The summed E-state index contributed by atoms with van der Waals surface area (Å²) in [6.07, 6.45) is 1.31. The van der Waals surface area contributed by atoms with Gasteiger partial charge in [-0.15, -0.1) is 0 Å². The summed E-state index contributed by atoms with van der Waals surface area (Å²) in [5.41, 5.74) is 0.778. The number of carbonyl (C=O) groups excluding carboxylic acids is 2. The molecule has 2 amide bonds. The van der Waals surface area contributed by atoms with Crippen LogP contribution in [0.25, 0.3) is 0 Å². The Hall–Kier alpha value is -3.08. The van der Waals surface area contributed by atoms with Crippen LogP contribution in [0.1, 0.15) is 68.6 Å². The molecule has 0 aromatic heterocycles. The highest BCUT2D eigenvalue weighted by Crippen LogP contribution is 2.32. The van der Waals surface area contributed by atoms with Gasteiger partial charge >= 0.3 is 6.18 Å². The Morgan fingerprint density at radius 1 is 1.05 bits per heavy atom. The lowest BCUT2D eigenvalue weighted by Gasteiger charge is -2.31. The van der Waals surface area contributed by atoms with Crippen molar-refractivity contribution in [2.75, 3.05) is 17.1 Å². The number of nitrogens with one attached hydrogen (secondary N) is 1. The third kappa shape index (κ3) is 8.97. The Morgan fingerprint density at radius 2 is 1.73 bits per heavy atom. The first-order chi connectivity index (χ1) is 18.8. The molecule has 40 heavy (non-hydrogen) atoms. The Kier molecular flexibility index (Phi) is 10.6. The van der Waals surface area contributed by atoms with Gasteiger partial charge in [-0.2, -0.15) is 13.2 Å². The lowest BCUT2D eigenvalue weighted by atomic mass is 9.95. The van der Waals surface area contributed by atoms with Crippen molar-refractivity contribution in [3.05, 3.63) is 65.2 Å². The van der Waals surface area contributed by atoms with Gasteiger partial charge in [0.1, 0.15) is 6.04 Å². The van der Waals surface area contributed by atoms with Crippen LogP contribution >= 0.6 is 0 Å². The van der Waals surface area contributed by atoms with Crippen LogP contribution in [0.2, 0.25) is 0 Å². The summed E-state index contributed by atoms with van der Waals surface area (Å²) in [6.45, 7) is 3.62. The molecule has 1 saturated carbocycles. The summed E-state index contributed by atoms with van der Waals surface area (Å²) >= 11 is 0. The number of halogens is 3. The van der Waals surface area contributed by atoms with E-state index >= 15 is 0 Å². The Balaban J connectivity index is 1.74. The number of aryl methyl sites for hydroxylation is 1. The van der Waals surface area contributed by atoms with E-state index in [2.05, 4.69) is 5.32 Å². The molecule has 1 N–H and O–H groups in total. The summed E-state index contributed by atoms with van der Waals surface area (Å²) in [6, 6.07) is 11.0. The molecule has 3 rings (SSSR count). The average Bonchev–Trinajstić information content (AvgIpc) is 2.88. The van der Waals surface area contributed by atoms with Crippen molar-refractivity contribution in [2.45, 2.75) is 83.6 Å². The molecule has 1 aliphatic carbocycles. The minimum atomic E-state index is -4.63. The number of rotatable bonds is 11. The lowest BCUT2D eigenvalue weighted by molar-refractivity contribution is -0.141. The van der Waals surface area contributed by atoms with Gasteiger partial charge in [0, 0.05) is 25.6 Å². The van der Waals surface area contributed by atoms with E-state index in [1.54, 1.807) is 6.92 Å². The molecule has 11 heteroatoms. The minimum absolute atomic E-state index is 0.0590. The number of alkyl halides is 3. The molecule has 0 bridgehead atoms. The highest BCUT2D eigenvalue weighted by atomic mass is 32.2. The Labute approximate surface area is 234 Å². The molecule has 1 aliphatic rings. The number of anilines is 1. The number of hydrogen-bond donors (Lipinski definition) is 1. The van der Waals surface area contributed by atoms with E-state index in [4.69, 9.17) is 0 Å². The molecule has 1 fully saturated rings. The van der Waals surface area contributed by atoms with Gasteiger partial charge in [0.2, 0.25) is 21.8 Å². The van der Waals surface area contributed by atoms with Crippen LogP contribution in [0.3, 0.4) is 0 Å². The van der Waals surface area contributed by atoms with E-state index in [0.717, 1.165) is 72.0 Å². The summed E-state index contributed by atoms with van der Waals surface area (Å²) in [7, 11) is -3.92. The molecular weight excluding hydrogens is 543 g/mol. The molecule has 0 aliphatic heterocycles. The molecule has 0 heterocycles. The maximum Gasteiger partial charge on any atom is 0.416 e. The van der Waals surface area contributed by atoms with Crippen molar-refractivity contribution in [1.82, 2.24) is 10.2 Å². The third-order valence-electron chi connectivity index (χ3n) is 7.17. The van der Waals surface area contributed by atoms with Crippen molar-refractivity contribution in [1.29, 1.82) is 0 Å². The standard InChI is InChI=1S/C29H38F3N3O4S/c1-21-10-7-11-23(18-21)20-34(22(2)28(37)33-25-13-5-4-6-14-25)27(36)16-9-17-35(40(3,38)39)26-15-8-12-24(19-26)29(30,31)32/h7-8,10-12,15,18-19,22,25H,4-6,9,13-14,16-17,20H2,1-3H3,(H,33,37)/t22-/m1/s1.